The quantitative estimate of drug-likeness (QED) is 0.394. The van der Waals surface area contributed by atoms with Gasteiger partial charge in [0.15, 0.2) is 11.5 Å². The molecule has 5 rings (SSSR count). The first-order chi connectivity index (χ1) is 18.6. The molecule has 0 spiro atoms. The number of hydrogen-bond donors (Lipinski definition) is 1. The summed E-state index contributed by atoms with van der Waals surface area (Å²) in [4.78, 5) is 31.4. The summed E-state index contributed by atoms with van der Waals surface area (Å²) in [5, 5.41) is 9.16. The van der Waals surface area contributed by atoms with Gasteiger partial charge in [0.1, 0.15) is 11.1 Å². The Hall–Kier alpha value is -3.62. The molecule has 3 aromatic heterocycles. The molecule has 9 nitrogen and oxygen atoms in total. The molecule has 1 saturated carbocycles. The second-order valence-electron chi connectivity index (χ2n) is 11.6. The summed E-state index contributed by atoms with van der Waals surface area (Å²) in [6.45, 7) is 11.9. The van der Waals surface area contributed by atoms with Gasteiger partial charge < -0.3 is 9.88 Å². The molecule has 0 aromatic carbocycles. The summed E-state index contributed by atoms with van der Waals surface area (Å²) in [6.07, 6.45) is 14.2. The molecule has 1 aliphatic carbocycles. The van der Waals surface area contributed by atoms with E-state index in [2.05, 4.69) is 63.1 Å². The fourth-order valence-electron chi connectivity index (χ4n) is 5.90. The van der Waals surface area contributed by atoms with Gasteiger partial charge in [0.05, 0.1) is 6.54 Å². The Bertz CT molecular complexity index is 1620. The Labute approximate surface area is 229 Å². The summed E-state index contributed by atoms with van der Waals surface area (Å²) in [5.41, 5.74) is 4.18. The van der Waals surface area contributed by atoms with E-state index in [-0.39, 0.29) is 16.7 Å². The van der Waals surface area contributed by atoms with Gasteiger partial charge in [-0.3, -0.25) is 18.6 Å². The molecule has 3 aromatic rings. The lowest BCUT2D eigenvalue weighted by Gasteiger charge is -2.16. The molecular weight excluding hydrogens is 490 g/mol. The van der Waals surface area contributed by atoms with Crippen LogP contribution in [0.2, 0.25) is 0 Å². The zero-order valence-corrected chi connectivity index (χ0v) is 24.3. The van der Waals surface area contributed by atoms with Crippen molar-refractivity contribution in [1.29, 1.82) is 0 Å². The van der Waals surface area contributed by atoms with Crippen molar-refractivity contribution in [2.75, 3.05) is 0 Å². The van der Waals surface area contributed by atoms with Gasteiger partial charge in [-0.1, -0.05) is 44.9 Å². The molecule has 4 heterocycles. The fraction of sp³-hybridized carbons (Fsp3) is 0.533. The highest BCUT2D eigenvalue weighted by Gasteiger charge is 2.60. The van der Waals surface area contributed by atoms with E-state index in [9.17, 15) is 9.59 Å². The monoisotopic (exact) mass is 531 g/mol. The Kier molecular flexibility index (Phi) is 7.03. The average Bonchev–Trinajstić information content (AvgIpc) is 3.11. The van der Waals surface area contributed by atoms with Crippen LogP contribution < -0.4 is 16.6 Å². The lowest BCUT2D eigenvalue weighted by molar-refractivity contribution is 0.449. The Balaban J connectivity index is 1.64. The van der Waals surface area contributed by atoms with Crippen molar-refractivity contribution in [2.45, 2.75) is 79.4 Å². The van der Waals surface area contributed by atoms with E-state index in [1.165, 1.54) is 21.4 Å². The Morgan fingerprint density at radius 3 is 2.69 bits per heavy atom. The number of aryl methyl sites for hydroxylation is 2. The van der Waals surface area contributed by atoms with E-state index < -0.39 is 0 Å². The number of nitrogens with one attached hydrogen (secondary N) is 1. The minimum atomic E-state index is -0.333. The lowest BCUT2D eigenvalue weighted by Crippen LogP contribution is -2.38. The third kappa shape index (κ3) is 4.51. The van der Waals surface area contributed by atoms with Crippen molar-refractivity contribution in [3.63, 3.8) is 0 Å². The SMILES string of the molecule is C/C=C(\C=C/C1=C(C)C2(Cn3nc4c(c3-c3nccn3C)c(=O)n(C)c(=O)n4CCC(C)C)CC2N1)CCC. The maximum Gasteiger partial charge on any atom is 0.332 e. The molecule has 0 radical (unpaired) electrons. The maximum absolute atomic E-state index is 13.6. The van der Waals surface area contributed by atoms with Gasteiger partial charge in [-0.2, -0.15) is 5.10 Å². The largest absolute Gasteiger partial charge is 0.381 e. The van der Waals surface area contributed by atoms with E-state index in [1.807, 2.05) is 22.5 Å². The molecule has 39 heavy (non-hydrogen) atoms. The van der Waals surface area contributed by atoms with Crippen LogP contribution in [-0.2, 0) is 27.2 Å². The highest BCUT2D eigenvalue weighted by atomic mass is 16.2. The predicted octanol–water partition coefficient (Wildman–Crippen LogP) is 4.28. The van der Waals surface area contributed by atoms with Crippen molar-refractivity contribution >= 4 is 11.0 Å². The van der Waals surface area contributed by atoms with Gasteiger partial charge in [0, 0.05) is 50.2 Å². The molecule has 1 aliphatic heterocycles. The van der Waals surface area contributed by atoms with E-state index in [0.29, 0.717) is 47.6 Å². The third-order valence-corrected chi connectivity index (χ3v) is 8.55. The van der Waals surface area contributed by atoms with Crippen LogP contribution in [0.3, 0.4) is 0 Å². The van der Waals surface area contributed by atoms with Crippen LogP contribution in [0, 0.1) is 11.3 Å². The summed E-state index contributed by atoms with van der Waals surface area (Å²) >= 11 is 0. The maximum atomic E-state index is 13.6. The van der Waals surface area contributed by atoms with Crippen LogP contribution in [0.4, 0.5) is 0 Å². The smallest absolute Gasteiger partial charge is 0.332 e. The molecule has 2 unspecified atom stereocenters. The van der Waals surface area contributed by atoms with Crippen molar-refractivity contribution in [2.24, 2.45) is 25.4 Å². The second kappa shape index (κ2) is 10.2. The van der Waals surface area contributed by atoms with Crippen LogP contribution in [0.1, 0.15) is 60.3 Å². The van der Waals surface area contributed by atoms with E-state index >= 15 is 0 Å². The van der Waals surface area contributed by atoms with Crippen molar-refractivity contribution < 1.29 is 0 Å². The topological polar surface area (TPSA) is 91.7 Å². The molecule has 0 amide bonds. The van der Waals surface area contributed by atoms with Crippen molar-refractivity contribution in [1.82, 2.24) is 33.8 Å². The number of rotatable bonds is 10. The van der Waals surface area contributed by atoms with Crippen LogP contribution in [0.25, 0.3) is 22.6 Å². The molecule has 208 valence electrons. The molecule has 0 saturated heterocycles. The summed E-state index contributed by atoms with van der Waals surface area (Å²) < 4.78 is 6.72. The number of aromatic nitrogens is 6. The predicted molar refractivity (Wildman–Crippen MR) is 155 cm³/mol. The van der Waals surface area contributed by atoms with E-state index in [4.69, 9.17) is 5.10 Å². The zero-order valence-electron chi connectivity index (χ0n) is 24.3. The van der Waals surface area contributed by atoms with Crippen molar-refractivity contribution in [3.8, 4) is 11.5 Å². The minimum Gasteiger partial charge on any atom is -0.381 e. The molecule has 9 heteroatoms. The summed E-state index contributed by atoms with van der Waals surface area (Å²) in [7, 11) is 3.47. The van der Waals surface area contributed by atoms with Crippen LogP contribution >= 0.6 is 0 Å². The summed E-state index contributed by atoms with van der Waals surface area (Å²) in [5.74, 6) is 1.08. The first-order valence-electron chi connectivity index (χ1n) is 14.1. The summed E-state index contributed by atoms with van der Waals surface area (Å²) in [6, 6.07) is 0.324. The Morgan fingerprint density at radius 1 is 1.28 bits per heavy atom. The molecule has 2 aliphatic rings. The molecule has 1 fully saturated rings. The Morgan fingerprint density at radius 2 is 2.05 bits per heavy atom. The van der Waals surface area contributed by atoms with Gasteiger partial charge in [-0.05, 0) is 50.7 Å². The van der Waals surface area contributed by atoms with Crippen molar-refractivity contribution in [3.05, 3.63) is 68.3 Å². The van der Waals surface area contributed by atoms with Gasteiger partial charge >= 0.3 is 5.69 Å². The first-order valence-corrected chi connectivity index (χ1v) is 14.1. The van der Waals surface area contributed by atoms with E-state index in [1.54, 1.807) is 17.8 Å². The van der Waals surface area contributed by atoms with Gasteiger partial charge in [-0.25, -0.2) is 9.78 Å². The molecule has 2 atom stereocenters. The number of hydrogen-bond acceptors (Lipinski definition) is 5. The zero-order chi connectivity index (χ0) is 28.1. The number of nitrogens with zero attached hydrogens (tertiary/aromatic N) is 6. The highest BCUT2D eigenvalue weighted by Crippen LogP contribution is 2.58. The number of imidazole rings is 1. The minimum absolute atomic E-state index is 0.0865. The third-order valence-electron chi connectivity index (χ3n) is 8.55. The van der Waals surface area contributed by atoms with Crippen LogP contribution in [0.15, 0.2) is 57.1 Å². The van der Waals surface area contributed by atoms with E-state index in [0.717, 1.165) is 25.7 Å². The first kappa shape index (κ1) is 27.0. The van der Waals surface area contributed by atoms with Crippen LogP contribution in [-0.4, -0.2) is 34.5 Å². The lowest BCUT2D eigenvalue weighted by atomic mass is 9.96. The van der Waals surface area contributed by atoms with Gasteiger partial charge in [0.25, 0.3) is 5.56 Å². The van der Waals surface area contributed by atoms with Gasteiger partial charge in [-0.15, -0.1) is 0 Å². The fourth-order valence-corrected chi connectivity index (χ4v) is 5.90. The normalized spacial score (nSPS) is 21.0. The van der Waals surface area contributed by atoms with Crippen LogP contribution in [0.5, 0.6) is 0 Å². The average molecular weight is 532 g/mol. The molecule has 1 N–H and O–H groups in total. The molecule has 0 bridgehead atoms. The standard InChI is InChI=1S/C30H41N7O2/c1-8-10-21(9-2)11-12-22-20(5)30(17-23(30)32-22)18-37-25(27-31-14-16-34(27)6)24-26(33-37)36(15-13-19(3)4)29(39)35(7)28(24)38/h9,11-12,14,16,19,23,32H,8,10,13,15,17-18H2,1-7H3/b12-11-,21-9-. The second-order valence-corrected chi connectivity index (χ2v) is 11.6. The van der Waals surface area contributed by atoms with Gasteiger partial charge in [0.2, 0.25) is 0 Å². The number of fused-ring (bicyclic) bond motifs is 2. The number of allylic oxidation sites excluding steroid dienone is 4. The molecular formula is C30H41N7O2. The highest BCUT2D eigenvalue weighted by molar-refractivity contribution is 5.89.